The first kappa shape index (κ1) is 21.2. The van der Waals surface area contributed by atoms with Gasteiger partial charge in [-0.05, 0) is 35.9 Å². The van der Waals surface area contributed by atoms with Crippen molar-refractivity contribution in [3.05, 3.63) is 47.5 Å². The van der Waals surface area contributed by atoms with Crippen LogP contribution in [0.5, 0.6) is 23.0 Å². The number of benzene rings is 2. The number of ether oxygens (including phenoxy) is 4. The van der Waals surface area contributed by atoms with Gasteiger partial charge in [-0.25, -0.2) is 0 Å². The van der Waals surface area contributed by atoms with Gasteiger partial charge in [0, 0.05) is 6.54 Å². The van der Waals surface area contributed by atoms with Gasteiger partial charge in [-0.3, -0.25) is 4.79 Å². The Kier molecular flexibility index (Phi) is 6.97. The Morgan fingerprint density at radius 1 is 1.00 bits per heavy atom. The van der Waals surface area contributed by atoms with Crippen LogP contribution in [-0.2, 0) is 17.5 Å². The van der Waals surface area contributed by atoms with Crippen LogP contribution in [0.3, 0.4) is 0 Å². The molecule has 0 aliphatic heterocycles. The van der Waals surface area contributed by atoms with Gasteiger partial charge >= 0.3 is 6.18 Å². The zero-order valence-electron chi connectivity index (χ0n) is 15.6. The van der Waals surface area contributed by atoms with Crippen molar-refractivity contribution < 1.29 is 36.9 Å². The van der Waals surface area contributed by atoms with Crippen LogP contribution in [0.25, 0.3) is 0 Å². The lowest BCUT2D eigenvalue weighted by Gasteiger charge is -2.14. The molecule has 0 unspecified atom stereocenters. The van der Waals surface area contributed by atoms with Gasteiger partial charge in [-0.1, -0.05) is 6.07 Å². The van der Waals surface area contributed by atoms with Crippen molar-refractivity contribution in [1.82, 2.24) is 5.32 Å². The van der Waals surface area contributed by atoms with Crippen LogP contribution < -0.4 is 24.3 Å². The number of hydrogen-bond donors (Lipinski definition) is 1. The minimum Gasteiger partial charge on any atom is -0.493 e. The highest BCUT2D eigenvalue weighted by molar-refractivity contribution is 5.77. The van der Waals surface area contributed by atoms with Gasteiger partial charge in [0.25, 0.3) is 5.91 Å². The Hall–Kier alpha value is -3.10. The van der Waals surface area contributed by atoms with E-state index in [2.05, 4.69) is 5.32 Å². The van der Waals surface area contributed by atoms with Crippen LogP contribution in [0.15, 0.2) is 36.4 Å². The van der Waals surface area contributed by atoms with Gasteiger partial charge in [0.05, 0.1) is 26.9 Å². The molecule has 2 rings (SSSR count). The van der Waals surface area contributed by atoms with E-state index in [1.54, 1.807) is 12.1 Å². The summed E-state index contributed by atoms with van der Waals surface area (Å²) in [6.45, 7) is -0.284. The van der Waals surface area contributed by atoms with E-state index in [0.29, 0.717) is 22.8 Å². The van der Waals surface area contributed by atoms with Crippen molar-refractivity contribution >= 4 is 5.91 Å². The third-order valence-electron chi connectivity index (χ3n) is 3.75. The van der Waals surface area contributed by atoms with Gasteiger partial charge in [0.2, 0.25) is 5.75 Å². The molecule has 2 aromatic rings. The normalized spacial score (nSPS) is 10.9. The summed E-state index contributed by atoms with van der Waals surface area (Å²) >= 11 is 0. The summed E-state index contributed by atoms with van der Waals surface area (Å²) in [5.74, 6) is 0.759. The average Bonchev–Trinajstić information content (AvgIpc) is 2.69. The summed E-state index contributed by atoms with van der Waals surface area (Å²) in [6, 6.07) is 7.68. The number of carbonyl (C=O) groups excluding carboxylic acids is 1. The number of amides is 1. The third-order valence-corrected chi connectivity index (χ3v) is 3.75. The summed E-state index contributed by atoms with van der Waals surface area (Å²) < 4.78 is 58.9. The highest BCUT2D eigenvalue weighted by atomic mass is 19.4. The van der Waals surface area contributed by atoms with E-state index in [1.807, 2.05) is 0 Å². The molecule has 6 nitrogen and oxygen atoms in total. The molecule has 0 aliphatic carbocycles. The first-order chi connectivity index (χ1) is 13.3. The molecule has 0 saturated carbocycles. The minimum absolute atomic E-state index is 0.0437. The van der Waals surface area contributed by atoms with E-state index in [1.165, 1.54) is 33.5 Å². The molecule has 28 heavy (non-hydrogen) atoms. The lowest BCUT2D eigenvalue weighted by Crippen LogP contribution is -2.28. The molecular weight excluding hydrogens is 379 g/mol. The predicted octanol–water partition coefficient (Wildman–Crippen LogP) is 3.43. The maximum Gasteiger partial charge on any atom is 0.416 e. The number of halogens is 3. The molecule has 0 radical (unpaired) electrons. The maximum absolute atomic E-state index is 12.7. The number of nitrogens with one attached hydrogen (secondary N) is 1. The molecule has 1 amide bonds. The van der Waals surface area contributed by atoms with Crippen LogP contribution in [0.2, 0.25) is 0 Å². The van der Waals surface area contributed by atoms with Crippen molar-refractivity contribution in [2.45, 2.75) is 12.7 Å². The van der Waals surface area contributed by atoms with Crippen LogP contribution >= 0.6 is 0 Å². The number of carbonyl (C=O) groups is 1. The minimum atomic E-state index is -4.48. The molecule has 0 atom stereocenters. The molecule has 9 heteroatoms. The molecule has 0 saturated heterocycles. The molecule has 1 N–H and O–H groups in total. The number of rotatable bonds is 8. The van der Waals surface area contributed by atoms with Crippen molar-refractivity contribution in [2.24, 2.45) is 0 Å². The molecule has 0 heterocycles. The lowest BCUT2D eigenvalue weighted by molar-refractivity contribution is -0.137. The SMILES string of the molecule is COc1cc(CNC(=O)COc2cccc(C(F)(F)F)c2)cc(OC)c1OC. The second kappa shape index (κ2) is 9.20. The Morgan fingerprint density at radius 2 is 1.64 bits per heavy atom. The molecule has 0 aromatic heterocycles. The van der Waals surface area contributed by atoms with Crippen LogP contribution in [-0.4, -0.2) is 33.8 Å². The largest absolute Gasteiger partial charge is 0.493 e. The Bertz CT molecular complexity index is 798. The van der Waals surface area contributed by atoms with Crippen molar-refractivity contribution in [3.63, 3.8) is 0 Å². The monoisotopic (exact) mass is 399 g/mol. The number of alkyl halides is 3. The van der Waals surface area contributed by atoms with E-state index in [-0.39, 0.29) is 12.3 Å². The summed E-state index contributed by atoms with van der Waals surface area (Å²) in [5, 5.41) is 2.62. The van der Waals surface area contributed by atoms with E-state index in [9.17, 15) is 18.0 Å². The van der Waals surface area contributed by atoms with Crippen LogP contribution in [0.1, 0.15) is 11.1 Å². The molecule has 152 valence electrons. The molecule has 0 aliphatic rings. The van der Waals surface area contributed by atoms with Crippen molar-refractivity contribution in [2.75, 3.05) is 27.9 Å². The second-order valence-corrected chi connectivity index (χ2v) is 5.62. The van der Waals surface area contributed by atoms with Crippen molar-refractivity contribution in [3.8, 4) is 23.0 Å². The van der Waals surface area contributed by atoms with E-state index < -0.39 is 24.3 Å². The smallest absolute Gasteiger partial charge is 0.416 e. The Labute approximate surface area is 160 Å². The van der Waals surface area contributed by atoms with Gasteiger partial charge in [0.15, 0.2) is 18.1 Å². The Morgan fingerprint density at radius 3 is 2.18 bits per heavy atom. The topological polar surface area (TPSA) is 66.0 Å². The molecule has 0 bridgehead atoms. The van der Waals surface area contributed by atoms with E-state index in [0.717, 1.165) is 12.1 Å². The van der Waals surface area contributed by atoms with E-state index >= 15 is 0 Å². The van der Waals surface area contributed by atoms with Crippen LogP contribution in [0.4, 0.5) is 13.2 Å². The summed E-state index contributed by atoms with van der Waals surface area (Å²) in [5.41, 5.74) is -0.162. The summed E-state index contributed by atoms with van der Waals surface area (Å²) in [4.78, 5) is 12.0. The first-order valence-electron chi connectivity index (χ1n) is 8.14. The predicted molar refractivity (Wildman–Crippen MR) is 94.9 cm³/mol. The quantitative estimate of drug-likeness (QED) is 0.737. The highest BCUT2D eigenvalue weighted by Crippen LogP contribution is 2.38. The fraction of sp³-hybridized carbons (Fsp3) is 0.316. The Balaban J connectivity index is 1.96. The molecular formula is C19H20F3NO5. The second-order valence-electron chi connectivity index (χ2n) is 5.62. The van der Waals surface area contributed by atoms with Crippen molar-refractivity contribution in [1.29, 1.82) is 0 Å². The lowest BCUT2D eigenvalue weighted by atomic mass is 10.1. The maximum atomic E-state index is 12.7. The molecule has 0 fully saturated rings. The number of hydrogen-bond acceptors (Lipinski definition) is 5. The standard InChI is InChI=1S/C19H20F3NO5/c1-25-15-7-12(8-16(26-2)18(15)27-3)10-23-17(24)11-28-14-6-4-5-13(9-14)19(20,21)22/h4-9H,10-11H2,1-3H3,(H,23,24). The van der Waals surface area contributed by atoms with Gasteiger partial charge < -0.3 is 24.3 Å². The fourth-order valence-electron chi connectivity index (χ4n) is 2.40. The molecule has 0 spiro atoms. The third kappa shape index (κ3) is 5.45. The van der Waals surface area contributed by atoms with Gasteiger partial charge in [0.1, 0.15) is 5.75 Å². The summed E-state index contributed by atoms with van der Waals surface area (Å²) in [7, 11) is 4.43. The van der Waals surface area contributed by atoms with Gasteiger partial charge in [-0.2, -0.15) is 13.2 Å². The average molecular weight is 399 g/mol. The highest BCUT2D eigenvalue weighted by Gasteiger charge is 2.30. The fourth-order valence-corrected chi connectivity index (χ4v) is 2.40. The van der Waals surface area contributed by atoms with Crippen LogP contribution in [0, 0.1) is 0 Å². The zero-order valence-corrected chi connectivity index (χ0v) is 15.6. The number of methoxy groups -OCH3 is 3. The first-order valence-corrected chi connectivity index (χ1v) is 8.14. The van der Waals surface area contributed by atoms with E-state index in [4.69, 9.17) is 18.9 Å². The van der Waals surface area contributed by atoms with Gasteiger partial charge in [-0.15, -0.1) is 0 Å². The summed E-state index contributed by atoms with van der Waals surface area (Å²) in [6.07, 6.45) is -4.48. The molecule has 2 aromatic carbocycles. The zero-order chi connectivity index (χ0) is 20.7.